The van der Waals surface area contributed by atoms with Gasteiger partial charge in [-0.2, -0.15) is 5.10 Å². The average molecular weight is 391 g/mol. The second-order valence-electron chi connectivity index (χ2n) is 6.95. The fourth-order valence-corrected chi connectivity index (χ4v) is 2.89. The SMILES string of the molecule is CCCCc1ccc(CC(=O)Oc2ccc(NC(=O)c3cnn(C)c3)cc2)cc1. The first-order valence-corrected chi connectivity index (χ1v) is 9.72. The molecule has 29 heavy (non-hydrogen) atoms. The van der Waals surface area contributed by atoms with Crippen LogP contribution in [0, 0.1) is 0 Å². The van der Waals surface area contributed by atoms with E-state index in [9.17, 15) is 9.59 Å². The first-order chi connectivity index (χ1) is 14.0. The number of aromatic nitrogens is 2. The summed E-state index contributed by atoms with van der Waals surface area (Å²) in [6.45, 7) is 2.17. The number of carbonyl (C=O) groups is 2. The molecule has 0 spiro atoms. The molecule has 1 amide bonds. The van der Waals surface area contributed by atoms with Gasteiger partial charge in [0, 0.05) is 18.9 Å². The van der Waals surface area contributed by atoms with Crippen molar-refractivity contribution < 1.29 is 14.3 Å². The molecule has 0 fully saturated rings. The fraction of sp³-hybridized carbons (Fsp3) is 0.261. The summed E-state index contributed by atoms with van der Waals surface area (Å²) in [4.78, 5) is 24.3. The summed E-state index contributed by atoms with van der Waals surface area (Å²) in [6, 6.07) is 14.8. The van der Waals surface area contributed by atoms with Crippen molar-refractivity contribution in [3.63, 3.8) is 0 Å². The van der Waals surface area contributed by atoms with E-state index < -0.39 is 0 Å². The average Bonchev–Trinajstić information content (AvgIpc) is 3.15. The molecule has 1 N–H and O–H groups in total. The molecule has 6 nitrogen and oxygen atoms in total. The zero-order valence-corrected chi connectivity index (χ0v) is 16.7. The van der Waals surface area contributed by atoms with Gasteiger partial charge in [0.15, 0.2) is 0 Å². The van der Waals surface area contributed by atoms with Gasteiger partial charge in [0.25, 0.3) is 5.91 Å². The number of nitrogens with zero attached hydrogens (tertiary/aromatic N) is 2. The van der Waals surface area contributed by atoms with Gasteiger partial charge in [0.2, 0.25) is 0 Å². The minimum atomic E-state index is -0.321. The van der Waals surface area contributed by atoms with Gasteiger partial charge < -0.3 is 10.1 Å². The topological polar surface area (TPSA) is 73.2 Å². The third kappa shape index (κ3) is 6.04. The third-order valence-corrected chi connectivity index (χ3v) is 4.50. The number of unbranched alkanes of at least 4 members (excludes halogenated alkanes) is 1. The molecule has 1 aromatic heterocycles. The van der Waals surface area contributed by atoms with Crippen LogP contribution in [0.2, 0.25) is 0 Å². The maximum absolute atomic E-state index is 12.2. The molecule has 0 aliphatic rings. The fourth-order valence-electron chi connectivity index (χ4n) is 2.89. The van der Waals surface area contributed by atoms with E-state index in [1.165, 1.54) is 24.6 Å². The Labute approximate surface area is 170 Å². The van der Waals surface area contributed by atoms with Gasteiger partial charge in [-0.1, -0.05) is 37.6 Å². The van der Waals surface area contributed by atoms with Gasteiger partial charge in [-0.15, -0.1) is 0 Å². The van der Waals surface area contributed by atoms with Crippen molar-refractivity contribution in [3.8, 4) is 5.75 Å². The Morgan fingerprint density at radius 1 is 1.03 bits per heavy atom. The van der Waals surface area contributed by atoms with E-state index in [1.54, 1.807) is 42.2 Å². The van der Waals surface area contributed by atoms with Crippen molar-refractivity contribution in [1.82, 2.24) is 9.78 Å². The molecule has 0 saturated carbocycles. The molecule has 0 aliphatic carbocycles. The highest BCUT2D eigenvalue weighted by Crippen LogP contribution is 2.17. The summed E-state index contributed by atoms with van der Waals surface area (Å²) in [5.41, 5.74) is 3.30. The quantitative estimate of drug-likeness (QED) is 0.462. The number of hydrogen-bond donors (Lipinski definition) is 1. The van der Waals surface area contributed by atoms with Crippen LogP contribution in [-0.2, 0) is 24.7 Å². The van der Waals surface area contributed by atoms with Crippen molar-refractivity contribution in [2.24, 2.45) is 7.05 Å². The highest BCUT2D eigenvalue weighted by Gasteiger charge is 2.10. The number of amides is 1. The monoisotopic (exact) mass is 391 g/mol. The van der Waals surface area contributed by atoms with Gasteiger partial charge in [-0.3, -0.25) is 14.3 Å². The summed E-state index contributed by atoms with van der Waals surface area (Å²) < 4.78 is 6.96. The Bertz CT molecular complexity index is 960. The minimum Gasteiger partial charge on any atom is -0.426 e. The van der Waals surface area contributed by atoms with Crippen molar-refractivity contribution >= 4 is 17.6 Å². The maximum atomic E-state index is 12.2. The summed E-state index contributed by atoms with van der Waals surface area (Å²) >= 11 is 0. The van der Waals surface area contributed by atoms with Crippen LogP contribution in [-0.4, -0.2) is 21.7 Å². The highest BCUT2D eigenvalue weighted by molar-refractivity contribution is 6.03. The lowest BCUT2D eigenvalue weighted by molar-refractivity contribution is -0.133. The number of nitrogens with one attached hydrogen (secondary N) is 1. The van der Waals surface area contributed by atoms with Gasteiger partial charge in [-0.05, 0) is 48.2 Å². The van der Waals surface area contributed by atoms with Crippen molar-refractivity contribution in [3.05, 3.63) is 77.6 Å². The first-order valence-electron chi connectivity index (χ1n) is 9.72. The van der Waals surface area contributed by atoms with Crippen LogP contribution in [0.5, 0.6) is 5.75 Å². The lowest BCUT2D eigenvalue weighted by Gasteiger charge is -2.07. The molecule has 0 bridgehead atoms. The van der Waals surface area contributed by atoms with Gasteiger partial charge in [0.1, 0.15) is 5.75 Å². The predicted molar refractivity (Wildman–Crippen MR) is 112 cm³/mol. The molecule has 0 radical (unpaired) electrons. The van der Waals surface area contributed by atoms with Crippen molar-refractivity contribution in [2.45, 2.75) is 32.6 Å². The third-order valence-electron chi connectivity index (χ3n) is 4.50. The number of aryl methyl sites for hydroxylation is 2. The van der Waals surface area contributed by atoms with Crippen LogP contribution in [0.15, 0.2) is 60.9 Å². The van der Waals surface area contributed by atoms with Crippen molar-refractivity contribution in [2.75, 3.05) is 5.32 Å². The smallest absolute Gasteiger partial charge is 0.315 e. The Hall–Kier alpha value is -3.41. The van der Waals surface area contributed by atoms with Gasteiger partial charge in [-0.25, -0.2) is 0 Å². The summed E-state index contributed by atoms with van der Waals surface area (Å²) in [7, 11) is 1.75. The molecule has 1 heterocycles. The van der Waals surface area contributed by atoms with Crippen LogP contribution in [0.3, 0.4) is 0 Å². The Morgan fingerprint density at radius 2 is 1.72 bits per heavy atom. The van der Waals surface area contributed by atoms with Crippen molar-refractivity contribution in [1.29, 1.82) is 0 Å². The zero-order chi connectivity index (χ0) is 20.6. The molecule has 150 valence electrons. The number of rotatable bonds is 8. The van der Waals surface area contributed by atoms with E-state index in [1.807, 2.05) is 12.1 Å². The normalized spacial score (nSPS) is 10.6. The van der Waals surface area contributed by atoms with E-state index in [-0.39, 0.29) is 18.3 Å². The second-order valence-corrected chi connectivity index (χ2v) is 6.95. The standard InChI is InChI=1S/C23H25N3O3/c1-3-4-5-17-6-8-18(9-7-17)14-22(27)29-21-12-10-20(11-13-21)25-23(28)19-15-24-26(2)16-19/h6-13,15-16H,3-5,14H2,1-2H3,(H,25,28). The molecular formula is C23H25N3O3. The van der Waals surface area contributed by atoms with E-state index in [0.29, 0.717) is 17.0 Å². The Morgan fingerprint density at radius 3 is 2.34 bits per heavy atom. The van der Waals surface area contributed by atoms with E-state index >= 15 is 0 Å². The Kier molecular flexibility index (Phi) is 6.79. The summed E-state index contributed by atoms with van der Waals surface area (Å²) in [6.07, 6.45) is 6.75. The van der Waals surface area contributed by atoms with Crippen LogP contribution < -0.4 is 10.1 Å². The lowest BCUT2D eigenvalue weighted by Crippen LogP contribution is -2.12. The number of carbonyl (C=O) groups excluding carboxylic acids is 2. The second kappa shape index (κ2) is 9.68. The molecule has 0 saturated heterocycles. The highest BCUT2D eigenvalue weighted by atomic mass is 16.5. The molecule has 6 heteroatoms. The molecule has 3 rings (SSSR count). The molecule has 0 unspecified atom stereocenters. The van der Waals surface area contributed by atoms with Crippen LogP contribution >= 0.6 is 0 Å². The van der Waals surface area contributed by atoms with E-state index in [2.05, 4.69) is 29.5 Å². The van der Waals surface area contributed by atoms with E-state index in [4.69, 9.17) is 4.74 Å². The largest absolute Gasteiger partial charge is 0.426 e. The predicted octanol–water partition coefficient (Wildman–Crippen LogP) is 4.16. The Balaban J connectivity index is 1.51. The summed E-state index contributed by atoms with van der Waals surface area (Å²) in [5.74, 6) is -0.127. The number of benzene rings is 2. The van der Waals surface area contributed by atoms with Crippen LogP contribution in [0.4, 0.5) is 5.69 Å². The van der Waals surface area contributed by atoms with E-state index in [0.717, 1.165) is 12.0 Å². The number of ether oxygens (including phenoxy) is 1. The number of anilines is 1. The molecule has 0 atom stereocenters. The molecule has 3 aromatic rings. The molecular weight excluding hydrogens is 366 g/mol. The minimum absolute atomic E-state index is 0.216. The van der Waals surface area contributed by atoms with Gasteiger partial charge >= 0.3 is 5.97 Å². The number of hydrogen-bond acceptors (Lipinski definition) is 4. The maximum Gasteiger partial charge on any atom is 0.315 e. The van der Waals surface area contributed by atoms with Gasteiger partial charge in [0.05, 0.1) is 18.2 Å². The van der Waals surface area contributed by atoms with Crippen LogP contribution in [0.1, 0.15) is 41.3 Å². The zero-order valence-electron chi connectivity index (χ0n) is 16.7. The van der Waals surface area contributed by atoms with Crippen LogP contribution in [0.25, 0.3) is 0 Å². The summed E-state index contributed by atoms with van der Waals surface area (Å²) in [5, 5.41) is 6.76. The first kappa shape index (κ1) is 20.3. The molecule has 2 aromatic carbocycles. The number of esters is 1. The molecule has 0 aliphatic heterocycles. The lowest BCUT2D eigenvalue weighted by atomic mass is 10.1.